The maximum atomic E-state index is 12.8. The SMILES string of the molecule is Cc1cc(Br)ccc1NC(=O)CCS(=O)(=O)c1ccc(F)cc1. The smallest absolute Gasteiger partial charge is 0.225 e. The van der Waals surface area contributed by atoms with Crippen LogP contribution in [-0.2, 0) is 14.6 Å². The molecular weight excluding hydrogens is 385 g/mol. The van der Waals surface area contributed by atoms with E-state index < -0.39 is 15.7 Å². The molecule has 23 heavy (non-hydrogen) atoms. The van der Waals surface area contributed by atoms with Gasteiger partial charge in [-0.05, 0) is 55.0 Å². The number of hydrogen-bond acceptors (Lipinski definition) is 3. The number of nitrogens with one attached hydrogen (secondary N) is 1. The zero-order valence-corrected chi connectivity index (χ0v) is 14.7. The highest BCUT2D eigenvalue weighted by molar-refractivity contribution is 9.10. The molecule has 0 spiro atoms. The molecule has 0 saturated heterocycles. The molecule has 4 nitrogen and oxygen atoms in total. The summed E-state index contributed by atoms with van der Waals surface area (Å²) in [6.45, 7) is 1.84. The molecule has 0 radical (unpaired) electrons. The van der Waals surface area contributed by atoms with Crippen LogP contribution < -0.4 is 5.32 Å². The summed E-state index contributed by atoms with van der Waals surface area (Å²) < 4.78 is 37.9. The molecule has 0 unspecified atom stereocenters. The fraction of sp³-hybridized carbons (Fsp3) is 0.188. The normalized spacial score (nSPS) is 11.3. The number of amides is 1. The van der Waals surface area contributed by atoms with Crippen molar-refractivity contribution in [3.05, 3.63) is 58.3 Å². The Balaban J connectivity index is 1.99. The Morgan fingerprint density at radius 2 is 1.83 bits per heavy atom. The van der Waals surface area contributed by atoms with Gasteiger partial charge in [0.2, 0.25) is 5.91 Å². The van der Waals surface area contributed by atoms with Crippen LogP contribution in [0.15, 0.2) is 51.8 Å². The fourth-order valence-electron chi connectivity index (χ4n) is 1.97. The number of aryl methyl sites for hydroxylation is 1. The van der Waals surface area contributed by atoms with Crippen LogP contribution >= 0.6 is 15.9 Å². The van der Waals surface area contributed by atoms with Gasteiger partial charge in [0.15, 0.2) is 9.84 Å². The number of halogens is 2. The van der Waals surface area contributed by atoms with E-state index in [9.17, 15) is 17.6 Å². The van der Waals surface area contributed by atoms with Crippen molar-refractivity contribution in [3.8, 4) is 0 Å². The molecule has 122 valence electrons. The molecule has 1 amide bonds. The molecule has 2 aromatic rings. The summed E-state index contributed by atoms with van der Waals surface area (Å²) in [6, 6.07) is 9.94. The van der Waals surface area contributed by atoms with Crippen molar-refractivity contribution in [3.63, 3.8) is 0 Å². The van der Waals surface area contributed by atoms with Gasteiger partial charge in [0.05, 0.1) is 10.6 Å². The molecule has 0 aromatic heterocycles. The molecule has 0 bridgehead atoms. The average molecular weight is 400 g/mol. The average Bonchev–Trinajstić information content (AvgIpc) is 2.49. The third kappa shape index (κ3) is 4.87. The van der Waals surface area contributed by atoms with E-state index in [-0.39, 0.29) is 23.0 Å². The molecule has 0 aliphatic rings. The summed E-state index contributed by atoms with van der Waals surface area (Å²) in [7, 11) is -3.62. The Labute approximate surface area is 142 Å². The quantitative estimate of drug-likeness (QED) is 0.779. The summed E-state index contributed by atoms with van der Waals surface area (Å²) in [5.74, 6) is -1.23. The molecular formula is C16H15BrFNO3S. The molecule has 2 aromatic carbocycles. The predicted molar refractivity (Wildman–Crippen MR) is 90.6 cm³/mol. The maximum absolute atomic E-state index is 12.8. The number of hydrogen-bond donors (Lipinski definition) is 1. The minimum atomic E-state index is -3.62. The number of carbonyl (C=O) groups excluding carboxylic acids is 1. The van der Waals surface area contributed by atoms with Crippen molar-refractivity contribution < 1.29 is 17.6 Å². The standard InChI is InChI=1S/C16H15BrFNO3S/c1-11-10-12(17)2-7-15(11)19-16(20)8-9-23(21,22)14-5-3-13(18)4-6-14/h2-7,10H,8-9H2,1H3,(H,19,20). The lowest BCUT2D eigenvalue weighted by Gasteiger charge is -2.09. The third-order valence-corrected chi connectivity index (χ3v) is 5.46. The van der Waals surface area contributed by atoms with E-state index in [4.69, 9.17) is 0 Å². The molecule has 7 heteroatoms. The Hall–Kier alpha value is -1.73. The van der Waals surface area contributed by atoms with Gasteiger partial charge in [-0.15, -0.1) is 0 Å². The van der Waals surface area contributed by atoms with Crippen LogP contribution in [0.3, 0.4) is 0 Å². The fourth-order valence-corrected chi connectivity index (χ4v) is 3.68. The van der Waals surface area contributed by atoms with Crippen LogP contribution in [-0.4, -0.2) is 20.1 Å². The van der Waals surface area contributed by atoms with Gasteiger partial charge >= 0.3 is 0 Å². The summed E-state index contributed by atoms with van der Waals surface area (Å²) in [5.41, 5.74) is 1.51. The Bertz CT molecular complexity index is 820. The van der Waals surface area contributed by atoms with Crippen LogP contribution in [0.4, 0.5) is 10.1 Å². The second kappa shape index (κ2) is 7.23. The first-order valence-electron chi connectivity index (χ1n) is 6.82. The largest absolute Gasteiger partial charge is 0.326 e. The lowest BCUT2D eigenvalue weighted by molar-refractivity contribution is -0.115. The van der Waals surface area contributed by atoms with Crippen molar-refractivity contribution in [2.75, 3.05) is 11.1 Å². The van der Waals surface area contributed by atoms with E-state index in [0.29, 0.717) is 5.69 Å². The van der Waals surface area contributed by atoms with Gasteiger partial charge in [0.25, 0.3) is 0 Å². The molecule has 0 saturated carbocycles. The van der Waals surface area contributed by atoms with Crippen molar-refractivity contribution >= 4 is 37.4 Å². The highest BCUT2D eigenvalue weighted by atomic mass is 79.9. The minimum absolute atomic E-state index is 0.00604. The highest BCUT2D eigenvalue weighted by Crippen LogP contribution is 2.20. The highest BCUT2D eigenvalue weighted by Gasteiger charge is 2.17. The Morgan fingerprint density at radius 3 is 2.43 bits per heavy atom. The minimum Gasteiger partial charge on any atom is -0.326 e. The Morgan fingerprint density at radius 1 is 1.17 bits per heavy atom. The van der Waals surface area contributed by atoms with Crippen molar-refractivity contribution in [2.45, 2.75) is 18.2 Å². The van der Waals surface area contributed by atoms with Gasteiger partial charge in [-0.2, -0.15) is 0 Å². The number of carbonyl (C=O) groups is 1. The van der Waals surface area contributed by atoms with Gasteiger partial charge in [0, 0.05) is 16.6 Å². The molecule has 0 aliphatic heterocycles. The van der Waals surface area contributed by atoms with Crippen molar-refractivity contribution in [1.29, 1.82) is 0 Å². The first-order chi connectivity index (χ1) is 10.8. The van der Waals surface area contributed by atoms with E-state index in [2.05, 4.69) is 21.2 Å². The maximum Gasteiger partial charge on any atom is 0.225 e. The lowest BCUT2D eigenvalue weighted by atomic mass is 10.2. The number of sulfone groups is 1. The first kappa shape index (κ1) is 17.6. The summed E-state index contributed by atoms with van der Waals surface area (Å²) >= 11 is 3.33. The van der Waals surface area contributed by atoms with E-state index in [1.54, 1.807) is 12.1 Å². The van der Waals surface area contributed by atoms with Crippen molar-refractivity contribution in [1.82, 2.24) is 0 Å². The third-order valence-electron chi connectivity index (χ3n) is 3.23. The van der Waals surface area contributed by atoms with Crippen LogP contribution in [0.5, 0.6) is 0 Å². The van der Waals surface area contributed by atoms with E-state index in [1.165, 1.54) is 12.1 Å². The topological polar surface area (TPSA) is 63.2 Å². The van der Waals surface area contributed by atoms with Crippen LogP contribution in [0.1, 0.15) is 12.0 Å². The molecule has 0 fully saturated rings. The van der Waals surface area contributed by atoms with Gasteiger partial charge in [-0.25, -0.2) is 12.8 Å². The summed E-state index contributed by atoms with van der Waals surface area (Å²) in [4.78, 5) is 11.9. The van der Waals surface area contributed by atoms with E-state index in [1.807, 2.05) is 13.0 Å². The first-order valence-corrected chi connectivity index (χ1v) is 9.27. The zero-order valence-electron chi connectivity index (χ0n) is 12.3. The van der Waals surface area contributed by atoms with Gasteiger partial charge in [-0.3, -0.25) is 4.79 Å². The molecule has 0 aliphatic carbocycles. The second-order valence-electron chi connectivity index (χ2n) is 5.03. The molecule has 0 atom stereocenters. The summed E-state index contributed by atoms with van der Waals surface area (Å²) in [5, 5.41) is 2.69. The lowest BCUT2D eigenvalue weighted by Crippen LogP contribution is -2.18. The van der Waals surface area contributed by atoms with E-state index in [0.717, 1.165) is 22.2 Å². The monoisotopic (exact) mass is 399 g/mol. The predicted octanol–water partition coefficient (Wildman–Crippen LogP) is 3.70. The number of benzene rings is 2. The van der Waals surface area contributed by atoms with Gasteiger partial charge in [0.1, 0.15) is 5.82 Å². The number of rotatable bonds is 5. The molecule has 1 N–H and O–H groups in total. The summed E-state index contributed by atoms with van der Waals surface area (Å²) in [6.07, 6.45) is -0.171. The molecule has 2 rings (SSSR count). The van der Waals surface area contributed by atoms with Gasteiger partial charge in [-0.1, -0.05) is 15.9 Å². The van der Waals surface area contributed by atoms with Crippen LogP contribution in [0, 0.1) is 12.7 Å². The second-order valence-corrected chi connectivity index (χ2v) is 8.06. The van der Waals surface area contributed by atoms with Gasteiger partial charge < -0.3 is 5.32 Å². The van der Waals surface area contributed by atoms with Crippen LogP contribution in [0.2, 0.25) is 0 Å². The van der Waals surface area contributed by atoms with Crippen LogP contribution in [0.25, 0.3) is 0 Å². The zero-order chi connectivity index (χ0) is 17.0. The molecule has 0 heterocycles. The van der Waals surface area contributed by atoms with E-state index >= 15 is 0 Å². The Kier molecular flexibility index (Phi) is 5.54. The van der Waals surface area contributed by atoms with Crippen molar-refractivity contribution in [2.24, 2.45) is 0 Å². The number of anilines is 1.